The van der Waals surface area contributed by atoms with Crippen LogP contribution in [0.4, 0.5) is 0 Å². The number of hydrogen-bond acceptors (Lipinski definition) is 1. The number of rotatable bonds is 4. The second kappa shape index (κ2) is 7.72. The Morgan fingerprint density at radius 3 is 1.62 bits per heavy atom. The van der Waals surface area contributed by atoms with E-state index in [9.17, 15) is 0 Å². The van der Waals surface area contributed by atoms with Crippen LogP contribution >= 0.6 is 12.4 Å². The fourth-order valence-corrected chi connectivity index (χ4v) is 3.98. The molecule has 0 atom stereocenters. The average Bonchev–Trinajstić information content (AvgIpc) is 2.63. The molecule has 130 valence electrons. The molecule has 1 nitrogen and oxygen atoms in total. The minimum absolute atomic E-state index is 0. The van der Waals surface area contributed by atoms with Crippen LogP contribution < -0.4 is 0 Å². The van der Waals surface area contributed by atoms with E-state index in [1.54, 1.807) is 0 Å². The van der Waals surface area contributed by atoms with E-state index in [-0.39, 0.29) is 17.8 Å². The first-order chi connectivity index (χ1) is 11.1. The fourth-order valence-electron chi connectivity index (χ4n) is 3.98. The maximum Gasteiger partial charge on any atom is 0.0227 e. The number of nitrogens with zero attached hydrogens (tertiary/aromatic N) is 1. The lowest BCUT2D eigenvalue weighted by molar-refractivity contribution is 0.0695. The Morgan fingerprint density at radius 1 is 0.833 bits per heavy atom. The van der Waals surface area contributed by atoms with Crippen LogP contribution in [0.2, 0.25) is 0 Å². The van der Waals surface area contributed by atoms with Gasteiger partial charge in [0.2, 0.25) is 0 Å². The molecule has 0 N–H and O–H groups in total. The van der Waals surface area contributed by atoms with Crippen molar-refractivity contribution in [3.63, 3.8) is 0 Å². The summed E-state index contributed by atoms with van der Waals surface area (Å²) in [7, 11) is 0. The number of likely N-dealkylation sites (tertiary alicyclic amines) is 1. The van der Waals surface area contributed by atoms with Crippen LogP contribution in [-0.4, -0.2) is 23.5 Å². The Kier molecular flexibility index (Phi) is 6.11. The van der Waals surface area contributed by atoms with Crippen LogP contribution in [0.3, 0.4) is 0 Å². The lowest BCUT2D eigenvalue weighted by Crippen LogP contribution is -2.51. The van der Waals surface area contributed by atoms with Gasteiger partial charge in [0.05, 0.1) is 0 Å². The van der Waals surface area contributed by atoms with E-state index in [1.807, 2.05) is 0 Å². The summed E-state index contributed by atoms with van der Waals surface area (Å²) in [5.41, 5.74) is 3.42. The SMILES string of the molecule is CCC(C)(C)N1CCC(c2ccccc2)(c2ccccc2)CC1.Cl. The van der Waals surface area contributed by atoms with Crippen LogP contribution in [0, 0.1) is 0 Å². The third-order valence-electron chi connectivity index (χ3n) is 5.99. The topological polar surface area (TPSA) is 3.24 Å². The predicted molar refractivity (Wildman–Crippen MR) is 106 cm³/mol. The minimum atomic E-state index is 0. The van der Waals surface area contributed by atoms with Gasteiger partial charge in [0.25, 0.3) is 0 Å². The van der Waals surface area contributed by atoms with Gasteiger partial charge in [-0.15, -0.1) is 12.4 Å². The van der Waals surface area contributed by atoms with Gasteiger partial charge in [0.1, 0.15) is 0 Å². The largest absolute Gasteiger partial charge is 0.298 e. The molecule has 2 heteroatoms. The van der Waals surface area contributed by atoms with Crippen molar-refractivity contribution in [1.82, 2.24) is 4.90 Å². The molecule has 0 radical (unpaired) electrons. The molecule has 3 rings (SSSR count). The van der Waals surface area contributed by atoms with Crippen molar-refractivity contribution in [2.24, 2.45) is 0 Å². The zero-order chi connectivity index (χ0) is 16.3. The van der Waals surface area contributed by atoms with Crippen molar-refractivity contribution < 1.29 is 0 Å². The summed E-state index contributed by atoms with van der Waals surface area (Å²) in [6.07, 6.45) is 3.60. The summed E-state index contributed by atoms with van der Waals surface area (Å²) in [6.45, 7) is 9.40. The first-order valence-electron chi connectivity index (χ1n) is 8.95. The predicted octanol–water partition coefficient (Wildman–Crippen LogP) is 5.68. The lowest BCUT2D eigenvalue weighted by Gasteiger charge is -2.48. The number of piperidine rings is 1. The summed E-state index contributed by atoms with van der Waals surface area (Å²) in [6, 6.07) is 22.2. The Labute approximate surface area is 153 Å². The van der Waals surface area contributed by atoms with Crippen molar-refractivity contribution in [2.45, 2.75) is 51.0 Å². The van der Waals surface area contributed by atoms with Gasteiger partial charge in [-0.3, -0.25) is 4.90 Å². The van der Waals surface area contributed by atoms with Crippen LogP contribution in [0.25, 0.3) is 0 Å². The summed E-state index contributed by atoms with van der Waals surface area (Å²) in [5, 5.41) is 0. The van der Waals surface area contributed by atoms with E-state index in [4.69, 9.17) is 0 Å². The standard InChI is InChI=1S/C22H29N.ClH/c1-4-21(2,3)23-17-15-22(16-18-23,19-11-7-5-8-12-19)20-13-9-6-10-14-20;/h5-14H,4,15-18H2,1-3H3;1H. The Morgan fingerprint density at radius 2 is 1.25 bits per heavy atom. The quantitative estimate of drug-likeness (QED) is 0.690. The van der Waals surface area contributed by atoms with Crippen LogP contribution in [0.5, 0.6) is 0 Å². The molecule has 0 amide bonds. The Bertz CT molecular complexity index is 571. The zero-order valence-electron chi connectivity index (χ0n) is 15.2. The smallest absolute Gasteiger partial charge is 0.0227 e. The molecule has 1 fully saturated rings. The van der Waals surface area contributed by atoms with Crippen molar-refractivity contribution in [3.05, 3.63) is 71.8 Å². The van der Waals surface area contributed by atoms with E-state index >= 15 is 0 Å². The monoisotopic (exact) mass is 343 g/mol. The number of benzene rings is 2. The minimum Gasteiger partial charge on any atom is -0.298 e. The van der Waals surface area contributed by atoms with E-state index in [2.05, 4.69) is 86.3 Å². The summed E-state index contributed by atoms with van der Waals surface area (Å²) >= 11 is 0. The second-order valence-electron chi connectivity index (χ2n) is 7.47. The highest BCUT2D eigenvalue weighted by molar-refractivity contribution is 5.85. The molecule has 24 heavy (non-hydrogen) atoms. The van der Waals surface area contributed by atoms with E-state index in [0.717, 1.165) is 0 Å². The molecule has 2 aromatic rings. The van der Waals surface area contributed by atoms with E-state index in [1.165, 1.54) is 43.5 Å². The van der Waals surface area contributed by atoms with E-state index in [0.29, 0.717) is 5.54 Å². The molecule has 0 saturated carbocycles. The molecule has 0 spiro atoms. The fraction of sp³-hybridized carbons (Fsp3) is 0.455. The summed E-state index contributed by atoms with van der Waals surface area (Å²) < 4.78 is 0. The van der Waals surface area contributed by atoms with Crippen LogP contribution in [0.1, 0.15) is 51.2 Å². The third kappa shape index (κ3) is 3.53. The summed E-state index contributed by atoms with van der Waals surface area (Å²) in [5.74, 6) is 0. The van der Waals surface area contributed by atoms with E-state index < -0.39 is 0 Å². The summed E-state index contributed by atoms with van der Waals surface area (Å²) in [4.78, 5) is 2.68. The first kappa shape index (κ1) is 19.0. The Hall–Kier alpha value is -1.31. The molecule has 0 aromatic heterocycles. The van der Waals surface area contributed by atoms with Crippen molar-refractivity contribution in [1.29, 1.82) is 0 Å². The highest BCUT2D eigenvalue weighted by Gasteiger charge is 2.40. The molecule has 1 saturated heterocycles. The third-order valence-corrected chi connectivity index (χ3v) is 5.99. The maximum absolute atomic E-state index is 2.68. The van der Waals surface area contributed by atoms with Crippen molar-refractivity contribution in [2.75, 3.05) is 13.1 Å². The molecule has 0 unspecified atom stereocenters. The van der Waals surface area contributed by atoms with Gasteiger partial charge in [-0.25, -0.2) is 0 Å². The van der Waals surface area contributed by atoms with Gasteiger partial charge in [0.15, 0.2) is 0 Å². The van der Waals surface area contributed by atoms with Gasteiger partial charge < -0.3 is 0 Å². The zero-order valence-corrected chi connectivity index (χ0v) is 16.0. The molecule has 1 heterocycles. The van der Waals surface area contributed by atoms with Crippen LogP contribution in [0.15, 0.2) is 60.7 Å². The Balaban J connectivity index is 0.00000208. The maximum atomic E-state index is 2.68. The van der Waals surface area contributed by atoms with Gasteiger partial charge in [0, 0.05) is 11.0 Å². The van der Waals surface area contributed by atoms with Crippen molar-refractivity contribution in [3.8, 4) is 0 Å². The number of halogens is 1. The molecular formula is C22H30ClN. The number of hydrogen-bond donors (Lipinski definition) is 0. The average molecular weight is 344 g/mol. The normalized spacial score (nSPS) is 18.0. The first-order valence-corrected chi connectivity index (χ1v) is 8.95. The molecule has 1 aliphatic rings. The molecule has 2 aromatic carbocycles. The van der Waals surface area contributed by atoms with Crippen molar-refractivity contribution >= 4 is 12.4 Å². The van der Waals surface area contributed by atoms with Crippen LogP contribution in [-0.2, 0) is 5.41 Å². The highest BCUT2D eigenvalue weighted by Crippen LogP contribution is 2.43. The molecular weight excluding hydrogens is 314 g/mol. The molecule has 0 bridgehead atoms. The molecule has 1 aliphatic heterocycles. The van der Waals surface area contributed by atoms with Gasteiger partial charge in [-0.1, -0.05) is 67.6 Å². The van der Waals surface area contributed by atoms with Gasteiger partial charge in [-0.05, 0) is 57.3 Å². The van der Waals surface area contributed by atoms with Gasteiger partial charge >= 0.3 is 0 Å². The highest BCUT2D eigenvalue weighted by atomic mass is 35.5. The van der Waals surface area contributed by atoms with Gasteiger partial charge in [-0.2, -0.15) is 0 Å². The molecule has 0 aliphatic carbocycles. The lowest BCUT2D eigenvalue weighted by atomic mass is 9.67. The second-order valence-corrected chi connectivity index (χ2v) is 7.47.